The average molecular weight is 222 g/mol. The van der Waals surface area contributed by atoms with Crippen molar-refractivity contribution in [2.24, 2.45) is 5.92 Å². The van der Waals surface area contributed by atoms with E-state index >= 15 is 0 Å². The Kier molecular flexibility index (Phi) is 4.35. The van der Waals surface area contributed by atoms with Crippen molar-refractivity contribution in [1.29, 1.82) is 0 Å². The molecule has 0 N–H and O–H groups in total. The molecule has 88 valence electrons. The maximum absolute atomic E-state index is 11.2. The number of carbonyl (C=O) groups is 1. The van der Waals surface area contributed by atoms with Gasteiger partial charge in [0.05, 0.1) is 14.2 Å². The molecule has 0 fully saturated rings. The summed E-state index contributed by atoms with van der Waals surface area (Å²) >= 11 is 0. The Bertz CT molecular complexity index is 349. The molecule has 0 aliphatic heterocycles. The van der Waals surface area contributed by atoms with Gasteiger partial charge in [0, 0.05) is 12.0 Å². The highest BCUT2D eigenvalue weighted by molar-refractivity contribution is 5.78. The Balaban J connectivity index is 2.90. The zero-order valence-electron chi connectivity index (χ0n) is 10.2. The lowest BCUT2D eigenvalue weighted by molar-refractivity contribution is -0.120. The van der Waals surface area contributed by atoms with Crippen LogP contribution in [0.2, 0.25) is 0 Å². The van der Waals surface area contributed by atoms with Crippen molar-refractivity contribution in [3.63, 3.8) is 0 Å². The van der Waals surface area contributed by atoms with Gasteiger partial charge in [0.15, 0.2) is 0 Å². The third kappa shape index (κ3) is 3.26. The van der Waals surface area contributed by atoms with Crippen molar-refractivity contribution >= 4 is 5.78 Å². The summed E-state index contributed by atoms with van der Waals surface area (Å²) in [5, 5.41) is 0. The predicted molar refractivity (Wildman–Crippen MR) is 63.1 cm³/mol. The number of hydrogen-bond acceptors (Lipinski definition) is 3. The summed E-state index contributed by atoms with van der Waals surface area (Å²) in [6, 6.07) is 5.69. The minimum absolute atomic E-state index is 0.0248. The number of benzene rings is 1. The fourth-order valence-corrected chi connectivity index (χ4v) is 1.48. The minimum atomic E-state index is 0.0248. The largest absolute Gasteiger partial charge is 0.497 e. The molecule has 3 heteroatoms. The van der Waals surface area contributed by atoms with Gasteiger partial charge in [0.1, 0.15) is 17.3 Å². The molecule has 0 radical (unpaired) electrons. The van der Waals surface area contributed by atoms with Crippen LogP contribution in [0.3, 0.4) is 0 Å². The Morgan fingerprint density at radius 1 is 1.19 bits per heavy atom. The van der Waals surface area contributed by atoms with Crippen LogP contribution >= 0.6 is 0 Å². The van der Waals surface area contributed by atoms with Crippen LogP contribution in [-0.4, -0.2) is 20.0 Å². The first-order valence-electron chi connectivity index (χ1n) is 5.29. The highest BCUT2D eigenvalue weighted by atomic mass is 16.5. The number of ketones is 1. The van der Waals surface area contributed by atoms with Crippen LogP contribution in [0.4, 0.5) is 0 Å². The zero-order chi connectivity index (χ0) is 12.1. The fraction of sp³-hybridized carbons (Fsp3) is 0.462. The van der Waals surface area contributed by atoms with Crippen LogP contribution in [0.1, 0.15) is 19.4 Å². The lowest BCUT2D eigenvalue weighted by Gasteiger charge is -2.11. The smallest absolute Gasteiger partial charge is 0.132 e. The molecule has 0 aromatic heterocycles. The monoisotopic (exact) mass is 222 g/mol. The molecule has 0 aliphatic rings. The Hall–Kier alpha value is -1.51. The van der Waals surface area contributed by atoms with E-state index in [1.807, 2.05) is 25.1 Å². The number of methoxy groups -OCH3 is 2. The molecule has 1 aromatic carbocycles. The van der Waals surface area contributed by atoms with E-state index in [0.717, 1.165) is 17.1 Å². The first-order chi connectivity index (χ1) is 7.56. The summed E-state index contributed by atoms with van der Waals surface area (Å²) in [4.78, 5) is 11.2. The van der Waals surface area contributed by atoms with E-state index in [1.165, 1.54) is 0 Å². The highest BCUT2D eigenvalue weighted by Gasteiger charge is 2.10. The van der Waals surface area contributed by atoms with Crippen LogP contribution in [0, 0.1) is 5.92 Å². The van der Waals surface area contributed by atoms with E-state index in [2.05, 4.69) is 0 Å². The highest BCUT2D eigenvalue weighted by Crippen LogP contribution is 2.24. The average Bonchev–Trinajstić information content (AvgIpc) is 2.28. The van der Waals surface area contributed by atoms with Crippen molar-refractivity contribution < 1.29 is 14.3 Å². The first kappa shape index (κ1) is 12.6. The quantitative estimate of drug-likeness (QED) is 0.767. The van der Waals surface area contributed by atoms with Crippen molar-refractivity contribution in [2.75, 3.05) is 14.2 Å². The predicted octanol–water partition coefficient (Wildman–Crippen LogP) is 2.47. The summed E-state index contributed by atoms with van der Waals surface area (Å²) in [5.74, 6) is 1.73. The van der Waals surface area contributed by atoms with E-state index in [9.17, 15) is 4.79 Å². The topological polar surface area (TPSA) is 35.5 Å². The van der Waals surface area contributed by atoms with E-state index < -0.39 is 0 Å². The molecule has 0 amide bonds. The van der Waals surface area contributed by atoms with Crippen molar-refractivity contribution in [1.82, 2.24) is 0 Å². The van der Waals surface area contributed by atoms with E-state index in [4.69, 9.17) is 9.47 Å². The molecule has 0 aliphatic carbocycles. The number of carbonyl (C=O) groups excluding carboxylic acids is 1. The second kappa shape index (κ2) is 5.54. The van der Waals surface area contributed by atoms with Crippen LogP contribution in [0.15, 0.2) is 18.2 Å². The molecular formula is C13H18O3. The van der Waals surface area contributed by atoms with Crippen molar-refractivity contribution in [3.05, 3.63) is 23.8 Å². The van der Waals surface area contributed by atoms with Gasteiger partial charge in [-0.2, -0.15) is 0 Å². The summed E-state index contributed by atoms with van der Waals surface area (Å²) in [5.41, 5.74) is 1.05. The van der Waals surface area contributed by atoms with E-state index in [-0.39, 0.29) is 11.7 Å². The molecule has 0 saturated heterocycles. The Morgan fingerprint density at radius 3 is 2.06 bits per heavy atom. The molecule has 0 heterocycles. The Labute approximate surface area is 96.4 Å². The van der Waals surface area contributed by atoms with Gasteiger partial charge in [-0.1, -0.05) is 6.92 Å². The van der Waals surface area contributed by atoms with E-state index in [0.29, 0.717) is 6.42 Å². The van der Waals surface area contributed by atoms with Gasteiger partial charge in [0.2, 0.25) is 0 Å². The minimum Gasteiger partial charge on any atom is -0.497 e. The van der Waals surface area contributed by atoms with Gasteiger partial charge in [-0.3, -0.25) is 4.79 Å². The molecule has 0 saturated carbocycles. The number of hydrogen-bond donors (Lipinski definition) is 0. The molecule has 0 spiro atoms. The molecule has 16 heavy (non-hydrogen) atoms. The molecule has 1 atom stereocenters. The maximum atomic E-state index is 11.2. The number of Topliss-reactive ketones (excluding diaryl/α,β-unsaturated/α-hetero) is 1. The van der Waals surface area contributed by atoms with Crippen LogP contribution < -0.4 is 9.47 Å². The third-order valence-corrected chi connectivity index (χ3v) is 2.65. The van der Waals surface area contributed by atoms with Crippen molar-refractivity contribution in [2.45, 2.75) is 20.3 Å². The first-order valence-corrected chi connectivity index (χ1v) is 5.29. The number of ether oxygens (including phenoxy) is 2. The normalized spacial score (nSPS) is 12.0. The van der Waals surface area contributed by atoms with Crippen LogP contribution in [0.5, 0.6) is 11.5 Å². The summed E-state index contributed by atoms with van der Waals surface area (Å²) < 4.78 is 10.3. The maximum Gasteiger partial charge on any atom is 0.132 e. The molecular weight excluding hydrogens is 204 g/mol. The molecule has 0 bridgehead atoms. The molecule has 1 unspecified atom stereocenters. The van der Waals surface area contributed by atoms with Gasteiger partial charge < -0.3 is 9.47 Å². The standard InChI is InChI=1S/C13H18O3/c1-9(10(2)14)5-11-6-12(15-3)8-13(7-11)16-4/h6-9H,5H2,1-4H3. The van der Waals surface area contributed by atoms with Gasteiger partial charge in [-0.25, -0.2) is 0 Å². The summed E-state index contributed by atoms with van der Waals surface area (Å²) in [6.07, 6.45) is 0.711. The van der Waals surface area contributed by atoms with Gasteiger partial charge in [-0.15, -0.1) is 0 Å². The molecule has 1 aromatic rings. The van der Waals surface area contributed by atoms with E-state index in [1.54, 1.807) is 21.1 Å². The zero-order valence-corrected chi connectivity index (χ0v) is 10.2. The SMILES string of the molecule is COc1cc(CC(C)C(C)=O)cc(OC)c1. The molecule has 1 rings (SSSR count). The van der Waals surface area contributed by atoms with Crippen molar-refractivity contribution in [3.8, 4) is 11.5 Å². The fourth-order valence-electron chi connectivity index (χ4n) is 1.48. The molecule has 3 nitrogen and oxygen atoms in total. The second-order valence-corrected chi connectivity index (χ2v) is 3.94. The lowest BCUT2D eigenvalue weighted by Crippen LogP contribution is -2.09. The third-order valence-electron chi connectivity index (χ3n) is 2.65. The van der Waals surface area contributed by atoms with Gasteiger partial charge in [0.25, 0.3) is 0 Å². The van der Waals surface area contributed by atoms with Crippen LogP contribution in [-0.2, 0) is 11.2 Å². The summed E-state index contributed by atoms with van der Waals surface area (Å²) in [6.45, 7) is 3.54. The summed E-state index contributed by atoms with van der Waals surface area (Å²) in [7, 11) is 3.24. The Morgan fingerprint density at radius 2 is 1.69 bits per heavy atom. The van der Waals surface area contributed by atoms with Gasteiger partial charge >= 0.3 is 0 Å². The lowest BCUT2D eigenvalue weighted by atomic mass is 9.97. The number of rotatable bonds is 5. The van der Waals surface area contributed by atoms with Crippen LogP contribution in [0.25, 0.3) is 0 Å². The van der Waals surface area contributed by atoms with Gasteiger partial charge in [-0.05, 0) is 31.0 Å². The second-order valence-electron chi connectivity index (χ2n) is 3.94.